The third-order valence-corrected chi connectivity index (χ3v) is 3.81. The molecule has 1 aliphatic rings. The van der Waals surface area contributed by atoms with Gasteiger partial charge in [0, 0.05) is 29.0 Å². The number of halogens is 3. The van der Waals surface area contributed by atoms with E-state index in [1.54, 1.807) is 18.2 Å². The molecule has 2 nitrogen and oxygen atoms in total. The van der Waals surface area contributed by atoms with Crippen LogP contribution < -0.4 is 10.5 Å². The minimum absolute atomic E-state index is 0.185. The van der Waals surface area contributed by atoms with Crippen molar-refractivity contribution < 1.29 is 13.5 Å². The van der Waals surface area contributed by atoms with Crippen molar-refractivity contribution in [2.24, 2.45) is 5.73 Å². The average molecular weight is 276 g/mol. The number of hydrogen-bond acceptors (Lipinski definition) is 2. The molecular weight excluding hydrogens is 260 g/mol. The van der Waals surface area contributed by atoms with E-state index < -0.39 is 11.5 Å². The van der Waals surface area contributed by atoms with Crippen LogP contribution in [0.1, 0.15) is 31.2 Å². The molecule has 1 fully saturated rings. The molecule has 0 atom stereocenters. The lowest BCUT2D eigenvalue weighted by molar-refractivity contribution is -0.0516. The molecule has 5 heteroatoms. The van der Waals surface area contributed by atoms with Crippen molar-refractivity contribution in [1.82, 2.24) is 0 Å². The van der Waals surface area contributed by atoms with E-state index in [0.717, 1.165) is 5.56 Å². The Morgan fingerprint density at radius 1 is 1.22 bits per heavy atom. The summed E-state index contributed by atoms with van der Waals surface area (Å²) in [6.07, 6.45) is 0.126. The molecule has 0 heterocycles. The monoisotopic (exact) mass is 275 g/mol. The van der Waals surface area contributed by atoms with Gasteiger partial charge in [0.05, 0.1) is 7.11 Å². The van der Waals surface area contributed by atoms with Gasteiger partial charge in [0.25, 0.3) is 0 Å². The quantitative estimate of drug-likeness (QED) is 0.893. The van der Waals surface area contributed by atoms with Crippen molar-refractivity contribution in [3.05, 3.63) is 28.8 Å². The number of rotatable bonds is 2. The maximum atomic E-state index is 13.2. The first-order valence-electron chi connectivity index (χ1n) is 5.87. The standard InChI is InChI=1S/C13H16ClF2NO/c1-18-11-8-9(14)2-3-10(11)12(17)4-6-13(15,16)7-5-12/h2-3,8H,4-7,17H2,1H3. The molecule has 2 rings (SSSR count). The summed E-state index contributed by atoms with van der Waals surface area (Å²) < 4.78 is 31.6. The molecule has 0 saturated heterocycles. The number of methoxy groups -OCH3 is 1. The molecule has 0 unspecified atom stereocenters. The van der Waals surface area contributed by atoms with Crippen LogP contribution in [0.4, 0.5) is 8.78 Å². The largest absolute Gasteiger partial charge is 0.496 e. The van der Waals surface area contributed by atoms with Gasteiger partial charge >= 0.3 is 0 Å². The van der Waals surface area contributed by atoms with Gasteiger partial charge < -0.3 is 10.5 Å². The lowest BCUT2D eigenvalue weighted by Crippen LogP contribution is -2.43. The normalized spacial score (nSPS) is 21.6. The number of benzene rings is 1. The maximum Gasteiger partial charge on any atom is 0.248 e. The highest BCUT2D eigenvalue weighted by atomic mass is 35.5. The van der Waals surface area contributed by atoms with Crippen LogP contribution in [0.2, 0.25) is 5.02 Å². The molecule has 1 saturated carbocycles. The van der Waals surface area contributed by atoms with E-state index in [-0.39, 0.29) is 25.7 Å². The van der Waals surface area contributed by atoms with Crippen LogP contribution in [0.15, 0.2) is 18.2 Å². The van der Waals surface area contributed by atoms with Gasteiger partial charge in [-0.3, -0.25) is 0 Å². The van der Waals surface area contributed by atoms with Crippen LogP contribution in [0.25, 0.3) is 0 Å². The first kappa shape index (κ1) is 13.6. The predicted molar refractivity (Wildman–Crippen MR) is 67.3 cm³/mol. The molecule has 0 radical (unpaired) electrons. The summed E-state index contributed by atoms with van der Waals surface area (Å²) in [6.45, 7) is 0. The van der Waals surface area contributed by atoms with Crippen LogP contribution in [-0.2, 0) is 5.54 Å². The van der Waals surface area contributed by atoms with Gasteiger partial charge in [0.1, 0.15) is 5.75 Å². The Labute approximate surface area is 110 Å². The van der Waals surface area contributed by atoms with Crippen molar-refractivity contribution >= 4 is 11.6 Å². The minimum Gasteiger partial charge on any atom is -0.496 e. The SMILES string of the molecule is COc1cc(Cl)ccc1C1(N)CCC(F)(F)CC1. The highest BCUT2D eigenvalue weighted by molar-refractivity contribution is 6.30. The summed E-state index contributed by atoms with van der Waals surface area (Å²) in [5.41, 5.74) is 6.27. The summed E-state index contributed by atoms with van der Waals surface area (Å²) >= 11 is 5.88. The Morgan fingerprint density at radius 2 is 1.83 bits per heavy atom. The molecule has 1 aromatic rings. The van der Waals surface area contributed by atoms with Crippen molar-refractivity contribution in [1.29, 1.82) is 0 Å². The highest BCUT2D eigenvalue weighted by Crippen LogP contribution is 2.45. The third-order valence-electron chi connectivity index (χ3n) is 3.57. The van der Waals surface area contributed by atoms with Gasteiger partial charge in [-0.2, -0.15) is 0 Å². The van der Waals surface area contributed by atoms with E-state index in [1.165, 1.54) is 7.11 Å². The van der Waals surface area contributed by atoms with E-state index in [2.05, 4.69) is 0 Å². The minimum atomic E-state index is -2.59. The molecule has 0 aromatic heterocycles. The molecule has 0 bridgehead atoms. The van der Waals surface area contributed by atoms with Gasteiger partial charge in [-0.05, 0) is 25.0 Å². The second-order valence-electron chi connectivity index (χ2n) is 4.86. The van der Waals surface area contributed by atoms with Crippen molar-refractivity contribution in [2.45, 2.75) is 37.1 Å². The molecule has 1 aliphatic carbocycles. The van der Waals surface area contributed by atoms with Gasteiger partial charge in [-0.25, -0.2) is 8.78 Å². The zero-order valence-corrected chi connectivity index (χ0v) is 10.9. The zero-order valence-electron chi connectivity index (χ0n) is 10.2. The lowest BCUT2D eigenvalue weighted by atomic mass is 9.76. The smallest absolute Gasteiger partial charge is 0.248 e. The van der Waals surface area contributed by atoms with E-state index in [9.17, 15) is 8.78 Å². The molecular formula is C13H16ClF2NO. The van der Waals surface area contributed by atoms with Crippen LogP contribution in [0.5, 0.6) is 5.75 Å². The molecule has 0 spiro atoms. The number of alkyl halides is 2. The fraction of sp³-hybridized carbons (Fsp3) is 0.538. The first-order valence-corrected chi connectivity index (χ1v) is 6.25. The van der Waals surface area contributed by atoms with Gasteiger partial charge in [0.2, 0.25) is 5.92 Å². The summed E-state index contributed by atoms with van der Waals surface area (Å²) in [7, 11) is 1.52. The number of ether oxygens (including phenoxy) is 1. The fourth-order valence-corrected chi connectivity index (χ4v) is 2.57. The maximum absolute atomic E-state index is 13.2. The van der Waals surface area contributed by atoms with Crippen molar-refractivity contribution in [3.63, 3.8) is 0 Å². The summed E-state index contributed by atoms with van der Waals surface area (Å²) in [5, 5.41) is 0.542. The topological polar surface area (TPSA) is 35.2 Å². The van der Waals surface area contributed by atoms with E-state index in [4.69, 9.17) is 22.1 Å². The second kappa shape index (κ2) is 4.67. The summed E-state index contributed by atoms with van der Waals surface area (Å²) in [6, 6.07) is 5.14. The lowest BCUT2D eigenvalue weighted by Gasteiger charge is -2.38. The Morgan fingerprint density at radius 3 is 2.39 bits per heavy atom. The Balaban J connectivity index is 2.31. The van der Waals surface area contributed by atoms with E-state index >= 15 is 0 Å². The molecule has 100 valence electrons. The number of nitrogens with two attached hydrogens (primary N) is 1. The molecule has 18 heavy (non-hydrogen) atoms. The van der Waals surface area contributed by atoms with Crippen LogP contribution >= 0.6 is 11.6 Å². The predicted octanol–water partition coefficient (Wildman–Crippen LogP) is 3.71. The number of hydrogen-bond donors (Lipinski definition) is 1. The van der Waals surface area contributed by atoms with Crippen LogP contribution in [-0.4, -0.2) is 13.0 Å². The first-order chi connectivity index (χ1) is 8.36. The van der Waals surface area contributed by atoms with Gasteiger partial charge in [0.15, 0.2) is 0 Å². The van der Waals surface area contributed by atoms with Crippen LogP contribution in [0, 0.1) is 0 Å². The fourth-order valence-electron chi connectivity index (χ4n) is 2.41. The Kier molecular flexibility index (Phi) is 3.52. The van der Waals surface area contributed by atoms with Crippen LogP contribution in [0.3, 0.4) is 0 Å². The Hall–Kier alpha value is -0.870. The zero-order chi connectivity index (χ0) is 13.4. The van der Waals surface area contributed by atoms with Crippen molar-refractivity contribution in [3.8, 4) is 5.75 Å². The van der Waals surface area contributed by atoms with Gasteiger partial charge in [-0.15, -0.1) is 0 Å². The van der Waals surface area contributed by atoms with Gasteiger partial charge in [-0.1, -0.05) is 17.7 Å². The molecule has 0 aliphatic heterocycles. The third kappa shape index (κ3) is 2.59. The highest BCUT2D eigenvalue weighted by Gasteiger charge is 2.43. The second-order valence-corrected chi connectivity index (χ2v) is 5.29. The van der Waals surface area contributed by atoms with E-state index in [1.807, 2.05) is 0 Å². The summed E-state index contributed by atoms with van der Waals surface area (Å²) in [4.78, 5) is 0. The molecule has 0 amide bonds. The summed E-state index contributed by atoms with van der Waals surface area (Å²) in [5.74, 6) is -2.03. The van der Waals surface area contributed by atoms with E-state index in [0.29, 0.717) is 10.8 Å². The molecule has 2 N–H and O–H groups in total. The van der Waals surface area contributed by atoms with Crippen molar-refractivity contribution in [2.75, 3.05) is 7.11 Å². The Bertz CT molecular complexity index is 441. The molecule has 1 aromatic carbocycles. The average Bonchev–Trinajstić information content (AvgIpc) is 2.33.